The van der Waals surface area contributed by atoms with Gasteiger partial charge in [-0.05, 0) is 55.3 Å². The van der Waals surface area contributed by atoms with Crippen LogP contribution in [0.5, 0.6) is 0 Å². The van der Waals surface area contributed by atoms with Crippen molar-refractivity contribution in [2.24, 2.45) is 0 Å². The molecule has 28 heavy (non-hydrogen) atoms. The van der Waals surface area contributed by atoms with Gasteiger partial charge < -0.3 is 10.6 Å². The minimum absolute atomic E-state index is 0.0294. The zero-order valence-electron chi connectivity index (χ0n) is 17.1. The lowest BCUT2D eigenvalue weighted by molar-refractivity contribution is -0.675. The summed E-state index contributed by atoms with van der Waals surface area (Å²) in [5.74, 6) is 0.0294. The molecule has 3 nitrogen and oxygen atoms in total. The second-order valence-corrected chi connectivity index (χ2v) is 8.33. The van der Waals surface area contributed by atoms with Crippen molar-refractivity contribution < 1.29 is 10.1 Å². The van der Waals surface area contributed by atoms with E-state index in [2.05, 4.69) is 78.4 Å². The maximum Gasteiger partial charge on any atom is 0.279 e. The largest absolute Gasteiger partial charge is 0.328 e. The predicted octanol–water partition coefficient (Wildman–Crippen LogP) is 4.53. The standard InChI is InChI=1S/C24H28N2OS/c1-5-19-8-10-20(11-9-19)24(21-7-6-12-28-21)25-15-22(27)26-23-17(3)13-16(2)14-18(23)4/h6-14,24-25H,5,15H2,1-4H3,(H,26,27)/p+1/t24-/m0/s1. The van der Waals surface area contributed by atoms with Gasteiger partial charge in [-0.15, -0.1) is 11.3 Å². The molecule has 3 rings (SSSR count). The summed E-state index contributed by atoms with van der Waals surface area (Å²) in [5, 5.41) is 7.33. The highest BCUT2D eigenvalue weighted by molar-refractivity contribution is 7.10. The number of hydrogen-bond acceptors (Lipinski definition) is 2. The van der Waals surface area contributed by atoms with Gasteiger partial charge in [0, 0.05) is 11.3 Å². The van der Waals surface area contributed by atoms with E-state index < -0.39 is 0 Å². The number of carbonyl (C=O) groups excluding carboxylic acids is 1. The highest BCUT2D eigenvalue weighted by Crippen LogP contribution is 2.24. The molecule has 0 saturated heterocycles. The molecule has 0 spiro atoms. The first kappa shape index (κ1) is 20.3. The molecule has 3 aromatic rings. The fourth-order valence-electron chi connectivity index (χ4n) is 3.64. The Hall–Kier alpha value is -2.43. The van der Waals surface area contributed by atoms with E-state index in [-0.39, 0.29) is 11.9 Å². The molecule has 1 aromatic heterocycles. The van der Waals surface area contributed by atoms with E-state index in [9.17, 15) is 4.79 Å². The van der Waals surface area contributed by atoms with Crippen LogP contribution in [-0.2, 0) is 11.2 Å². The molecule has 0 bridgehead atoms. The number of quaternary nitrogens is 1. The smallest absolute Gasteiger partial charge is 0.279 e. The van der Waals surface area contributed by atoms with Gasteiger partial charge in [0.2, 0.25) is 0 Å². The van der Waals surface area contributed by atoms with Gasteiger partial charge in [-0.3, -0.25) is 4.79 Å². The lowest BCUT2D eigenvalue weighted by Gasteiger charge is -2.16. The highest BCUT2D eigenvalue weighted by Gasteiger charge is 2.20. The normalized spacial score (nSPS) is 12.0. The van der Waals surface area contributed by atoms with Crippen LogP contribution in [0.4, 0.5) is 5.69 Å². The Balaban J connectivity index is 1.72. The maximum atomic E-state index is 12.7. The van der Waals surface area contributed by atoms with Gasteiger partial charge in [-0.1, -0.05) is 55.0 Å². The molecular formula is C24H29N2OS+. The maximum absolute atomic E-state index is 12.7. The number of benzene rings is 2. The van der Waals surface area contributed by atoms with Gasteiger partial charge in [0.25, 0.3) is 5.91 Å². The number of aryl methyl sites for hydroxylation is 4. The van der Waals surface area contributed by atoms with Gasteiger partial charge >= 0.3 is 0 Å². The van der Waals surface area contributed by atoms with Crippen molar-refractivity contribution in [1.29, 1.82) is 0 Å². The molecule has 0 aliphatic carbocycles. The molecule has 0 aliphatic heterocycles. The molecule has 1 heterocycles. The van der Waals surface area contributed by atoms with Crippen LogP contribution in [0.2, 0.25) is 0 Å². The minimum Gasteiger partial charge on any atom is -0.328 e. The van der Waals surface area contributed by atoms with E-state index in [4.69, 9.17) is 0 Å². The molecule has 0 aliphatic rings. The molecule has 0 unspecified atom stereocenters. The Morgan fingerprint density at radius 3 is 2.32 bits per heavy atom. The number of amides is 1. The third-order valence-corrected chi connectivity index (χ3v) is 6.03. The summed E-state index contributed by atoms with van der Waals surface area (Å²) in [4.78, 5) is 13.9. The van der Waals surface area contributed by atoms with Crippen LogP contribution in [0, 0.1) is 20.8 Å². The summed E-state index contributed by atoms with van der Waals surface area (Å²) in [6.07, 6.45) is 1.03. The summed E-state index contributed by atoms with van der Waals surface area (Å²) in [5.41, 5.74) is 6.93. The zero-order valence-corrected chi connectivity index (χ0v) is 17.9. The fraction of sp³-hybridized carbons (Fsp3) is 0.292. The molecule has 146 valence electrons. The number of anilines is 1. The van der Waals surface area contributed by atoms with Crippen molar-refractivity contribution in [2.75, 3.05) is 11.9 Å². The molecule has 1 amide bonds. The van der Waals surface area contributed by atoms with Crippen molar-refractivity contribution in [3.8, 4) is 0 Å². The Labute approximate surface area is 171 Å². The third-order valence-electron chi connectivity index (χ3n) is 5.08. The van der Waals surface area contributed by atoms with Gasteiger partial charge in [-0.2, -0.15) is 0 Å². The van der Waals surface area contributed by atoms with Crippen LogP contribution in [0.25, 0.3) is 0 Å². The molecule has 4 heteroatoms. The number of rotatable bonds is 7. The second kappa shape index (κ2) is 9.18. The van der Waals surface area contributed by atoms with Crippen LogP contribution in [0.3, 0.4) is 0 Å². The first-order chi connectivity index (χ1) is 13.5. The average Bonchev–Trinajstić information content (AvgIpc) is 3.20. The molecule has 0 fully saturated rings. The third kappa shape index (κ3) is 4.89. The summed E-state index contributed by atoms with van der Waals surface area (Å²) >= 11 is 1.73. The first-order valence-corrected chi connectivity index (χ1v) is 10.7. The average molecular weight is 394 g/mol. The summed E-state index contributed by atoms with van der Waals surface area (Å²) in [7, 11) is 0. The van der Waals surface area contributed by atoms with E-state index in [0.717, 1.165) is 23.2 Å². The van der Waals surface area contributed by atoms with Crippen molar-refractivity contribution in [2.45, 2.75) is 40.2 Å². The molecule has 2 aromatic carbocycles. The van der Waals surface area contributed by atoms with Crippen molar-refractivity contribution in [3.05, 3.63) is 86.6 Å². The molecule has 1 atom stereocenters. The zero-order chi connectivity index (χ0) is 20.1. The Morgan fingerprint density at radius 1 is 1.07 bits per heavy atom. The topological polar surface area (TPSA) is 45.7 Å². The van der Waals surface area contributed by atoms with E-state index in [0.29, 0.717) is 6.54 Å². The summed E-state index contributed by atoms with van der Waals surface area (Å²) in [6, 6.07) is 17.3. The highest BCUT2D eigenvalue weighted by atomic mass is 32.1. The van der Waals surface area contributed by atoms with Crippen LogP contribution in [-0.4, -0.2) is 12.5 Å². The van der Waals surface area contributed by atoms with Gasteiger partial charge in [-0.25, -0.2) is 0 Å². The first-order valence-electron chi connectivity index (χ1n) is 9.81. The van der Waals surface area contributed by atoms with E-state index >= 15 is 0 Å². The Kier molecular flexibility index (Phi) is 6.65. The monoisotopic (exact) mass is 393 g/mol. The van der Waals surface area contributed by atoms with Crippen LogP contribution < -0.4 is 10.6 Å². The lowest BCUT2D eigenvalue weighted by Crippen LogP contribution is -2.87. The van der Waals surface area contributed by atoms with Gasteiger partial charge in [0.05, 0.1) is 4.88 Å². The number of thiophene rings is 1. The lowest BCUT2D eigenvalue weighted by atomic mass is 10.0. The Bertz CT molecular complexity index is 907. The van der Waals surface area contributed by atoms with E-state index in [1.54, 1.807) is 11.3 Å². The summed E-state index contributed by atoms with van der Waals surface area (Å²) < 4.78 is 0. The molecular weight excluding hydrogens is 364 g/mol. The van der Waals surface area contributed by atoms with Crippen molar-refractivity contribution in [3.63, 3.8) is 0 Å². The quantitative estimate of drug-likeness (QED) is 0.609. The molecule has 0 saturated carbocycles. The minimum atomic E-state index is 0.0294. The predicted molar refractivity (Wildman–Crippen MR) is 118 cm³/mol. The van der Waals surface area contributed by atoms with E-state index in [1.807, 2.05) is 13.8 Å². The SMILES string of the molecule is CCc1ccc([C@H]([NH2+]CC(=O)Nc2c(C)cc(C)cc2C)c2cccs2)cc1. The number of carbonyl (C=O) groups is 1. The van der Waals surface area contributed by atoms with E-state index in [1.165, 1.54) is 21.6 Å². The molecule has 0 radical (unpaired) electrons. The summed E-state index contributed by atoms with van der Waals surface area (Å²) in [6.45, 7) is 8.71. The van der Waals surface area contributed by atoms with Gasteiger partial charge in [0.15, 0.2) is 6.54 Å². The van der Waals surface area contributed by atoms with Crippen molar-refractivity contribution >= 4 is 22.9 Å². The van der Waals surface area contributed by atoms with Crippen LogP contribution in [0.1, 0.15) is 45.7 Å². The van der Waals surface area contributed by atoms with Crippen LogP contribution in [0.15, 0.2) is 53.9 Å². The fourth-order valence-corrected chi connectivity index (χ4v) is 4.49. The second-order valence-electron chi connectivity index (χ2n) is 7.35. The number of hydrogen-bond donors (Lipinski definition) is 2. The van der Waals surface area contributed by atoms with Crippen molar-refractivity contribution in [1.82, 2.24) is 0 Å². The molecule has 3 N–H and O–H groups in total. The number of nitrogens with one attached hydrogen (secondary N) is 1. The van der Waals surface area contributed by atoms with Crippen LogP contribution >= 0.6 is 11.3 Å². The Morgan fingerprint density at radius 2 is 1.75 bits per heavy atom. The number of nitrogens with two attached hydrogens (primary N) is 1. The van der Waals surface area contributed by atoms with Gasteiger partial charge in [0.1, 0.15) is 6.04 Å².